The van der Waals surface area contributed by atoms with E-state index in [0.29, 0.717) is 6.42 Å². The lowest BCUT2D eigenvalue weighted by atomic mass is 9.98. The Kier molecular flexibility index (Phi) is 3.22. The molecule has 1 rings (SSSR count). The van der Waals surface area contributed by atoms with Crippen molar-refractivity contribution < 1.29 is 20.1 Å². The van der Waals surface area contributed by atoms with E-state index in [1.54, 1.807) is 6.08 Å². The Morgan fingerprint density at radius 1 is 1.33 bits per heavy atom. The van der Waals surface area contributed by atoms with Crippen LogP contribution in [0, 0.1) is 0 Å². The number of hydrogen-bond acceptors (Lipinski definition) is 4. The summed E-state index contributed by atoms with van der Waals surface area (Å²) in [4.78, 5) is 0. The van der Waals surface area contributed by atoms with E-state index in [4.69, 9.17) is 9.84 Å². The van der Waals surface area contributed by atoms with Gasteiger partial charge in [0.2, 0.25) is 0 Å². The fourth-order valence-corrected chi connectivity index (χ4v) is 1.24. The van der Waals surface area contributed by atoms with Crippen molar-refractivity contribution in [3.63, 3.8) is 0 Å². The van der Waals surface area contributed by atoms with Crippen LogP contribution in [0.4, 0.5) is 0 Å². The number of hydrogen-bond donors (Lipinski definition) is 3. The van der Waals surface area contributed by atoms with Crippen LogP contribution in [-0.4, -0.2) is 46.3 Å². The van der Waals surface area contributed by atoms with Crippen LogP contribution in [0.25, 0.3) is 0 Å². The summed E-state index contributed by atoms with van der Waals surface area (Å²) in [5.74, 6) is 0. The van der Waals surface area contributed by atoms with Crippen molar-refractivity contribution in [2.75, 3.05) is 6.61 Å². The molecule has 0 aromatic rings. The van der Waals surface area contributed by atoms with Gasteiger partial charge >= 0.3 is 0 Å². The number of rotatable bonds is 2. The van der Waals surface area contributed by atoms with Crippen LogP contribution in [0.1, 0.15) is 6.42 Å². The average molecular weight is 174 g/mol. The molecule has 70 valence electrons. The molecule has 4 atom stereocenters. The van der Waals surface area contributed by atoms with Crippen LogP contribution in [-0.2, 0) is 4.74 Å². The predicted octanol–water partition coefficient (Wildman–Crippen LogP) is -0.956. The third-order valence-electron chi connectivity index (χ3n) is 2.01. The van der Waals surface area contributed by atoms with Crippen LogP contribution in [0.3, 0.4) is 0 Å². The zero-order chi connectivity index (χ0) is 9.14. The van der Waals surface area contributed by atoms with Gasteiger partial charge in [-0.15, -0.1) is 6.58 Å². The smallest absolute Gasteiger partial charge is 0.111 e. The standard InChI is InChI=1S/C8H14O4/c1-2-3-6-8(11)7(10)5(9)4-12-6/h2,5-11H,1,3-4H2/t5-,6-,7?,8?/m1/s1. The number of ether oxygens (including phenoxy) is 1. The van der Waals surface area contributed by atoms with Gasteiger partial charge in [-0.1, -0.05) is 6.08 Å². The highest BCUT2D eigenvalue weighted by molar-refractivity contribution is 4.89. The molecule has 0 saturated carbocycles. The highest BCUT2D eigenvalue weighted by Crippen LogP contribution is 2.17. The lowest BCUT2D eigenvalue weighted by molar-refractivity contribution is -0.185. The molecule has 1 aliphatic rings. The first kappa shape index (κ1) is 9.67. The molecule has 0 aliphatic carbocycles. The van der Waals surface area contributed by atoms with E-state index in [9.17, 15) is 10.2 Å². The summed E-state index contributed by atoms with van der Waals surface area (Å²) in [6, 6.07) is 0. The number of aliphatic hydroxyl groups excluding tert-OH is 3. The summed E-state index contributed by atoms with van der Waals surface area (Å²) in [5, 5.41) is 27.7. The second-order valence-corrected chi connectivity index (χ2v) is 2.94. The van der Waals surface area contributed by atoms with Gasteiger partial charge in [0, 0.05) is 0 Å². The monoisotopic (exact) mass is 174 g/mol. The Bertz CT molecular complexity index is 159. The SMILES string of the molecule is C=CC[C@H]1OC[C@@H](O)C(O)C1O. The second-order valence-electron chi connectivity index (χ2n) is 2.94. The Hall–Kier alpha value is -0.420. The van der Waals surface area contributed by atoms with Crippen molar-refractivity contribution in [2.24, 2.45) is 0 Å². The predicted molar refractivity (Wildman–Crippen MR) is 42.6 cm³/mol. The lowest BCUT2D eigenvalue weighted by Crippen LogP contribution is -2.52. The Labute approximate surface area is 71.1 Å². The Morgan fingerprint density at radius 2 is 2.00 bits per heavy atom. The maximum atomic E-state index is 9.36. The zero-order valence-electron chi connectivity index (χ0n) is 6.76. The van der Waals surface area contributed by atoms with Gasteiger partial charge in [0.1, 0.15) is 18.3 Å². The fraction of sp³-hybridized carbons (Fsp3) is 0.750. The quantitative estimate of drug-likeness (QED) is 0.472. The molecule has 0 bridgehead atoms. The van der Waals surface area contributed by atoms with Gasteiger partial charge < -0.3 is 20.1 Å². The summed E-state index contributed by atoms with van der Waals surface area (Å²) in [5.41, 5.74) is 0. The first-order valence-corrected chi connectivity index (χ1v) is 3.93. The molecular weight excluding hydrogens is 160 g/mol. The summed E-state index contributed by atoms with van der Waals surface area (Å²) < 4.78 is 5.08. The molecule has 3 N–H and O–H groups in total. The molecule has 0 radical (unpaired) electrons. The van der Waals surface area contributed by atoms with Gasteiger partial charge in [-0.3, -0.25) is 0 Å². The molecule has 1 saturated heterocycles. The minimum atomic E-state index is -1.11. The topological polar surface area (TPSA) is 69.9 Å². The van der Waals surface area contributed by atoms with Crippen LogP contribution < -0.4 is 0 Å². The van der Waals surface area contributed by atoms with Crippen molar-refractivity contribution in [3.8, 4) is 0 Å². The zero-order valence-corrected chi connectivity index (χ0v) is 6.76. The van der Waals surface area contributed by atoms with Crippen molar-refractivity contribution in [1.82, 2.24) is 0 Å². The van der Waals surface area contributed by atoms with Gasteiger partial charge in [0.25, 0.3) is 0 Å². The normalized spacial score (nSPS) is 42.6. The van der Waals surface area contributed by atoms with Gasteiger partial charge in [-0.25, -0.2) is 0 Å². The maximum Gasteiger partial charge on any atom is 0.111 e. The Balaban J connectivity index is 2.52. The van der Waals surface area contributed by atoms with Crippen LogP contribution in [0.2, 0.25) is 0 Å². The van der Waals surface area contributed by atoms with Gasteiger partial charge in [0.15, 0.2) is 0 Å². The van der Waals surface area contributed by atoms with E-state index in [1.165, 1.54) is 0 Å². The molecule has 0 aromatic carbocycles. The molecular formula is C8H14O4. The first-order chi connectivity index (χ1) is 5.66. The average Bonchev–Trinajstić information content (AvgIpc) is 2.07. The first-order valence-electron chi connectivity index (χ1n) is 3.93. The molecule has 1 fully saturated rings. The summed E-state index contributed by atoms with van der Waals surface area (Å²) in [6.07, 6.45) is -1.47. The van der Waals surface area contributed by atoms with Crippen molar-refractivity contribution >= 4 is 0 Å². The van der Waals surface area contributed by atoms with E-state index in [0.717, 1.165) is 0 Å². The molecule has 12 heavy (non-hydrogen) atoms. The highest BCUT2D eigenvalue weighted by Gasteiger charge is 2.36. The molecule has 0 spiro atoms. The highest BCUT2D eigenvalue weighted by atomic mass is 16.5. The molecule has 2 unspecified atom stereocenters. The van der Waals surface area contributed by atoms with Crippen LogP contribution >= 0.6 is 0 Å². The van der Waals surface area contributed by atoms with Gasteiger partial charge in [0.05, 0.1) is 12.7 Å². The molecule has 1 heterocycles. The molecule has 4 heteroatoms. The van der Waals surface area contributed by atoms with Crippen LogP contribution in [0.5, 0.6) is 0 Å². The van der Waals surface area contributed by atoms with Gasteiger partial charge in [-0.2, -0.15) is 0 Å². The fourth-order valence-electron chi connectivity index (χ4n) is 1.24. The van der Waals surface area contributed by atoms with Crippen LogP contribution in [0.15, 0.2) is 12.7 Å². The minimum absolute atomic E-state index is 0.0662. The largest absolute Gasteiger partial charge is 0.388 e. The van der Waals surface area contributed by atoms with Crippen molar-refractivity contribution in [1.29, 1.82) is 0 Å². The lowest BCUT2D eigenvalue weighted by Gasteiger charge is -2.34. The maximum absolute atomic E-state index is 9.36. The Morgan fingerprint density at radius 3 is 2.58 bits per heavy atom. The van der Waals surface area contributed by atoms with Crippen molar-refractivity contribution in [2.45, 2.75) is 30.8 Å². The molecule has 0 aromatic heterocycles. The second kappa shape index (κ2) is 4.00. The van der Waals surface area contributed by atoms with Crippen molar-refractivity contribution in [3.05, 3.63) is 12.7 Å². The van der Waals surface area contributed by atoms with E-state index >= 15 is 0 Å². The van der Waals surface area contributed by atoms with E-state index in [1.807, 2.05) is 0 Å². The van der Waals surface area contributed by atoms with E-state index in [2.05, 4.69) is 6.58 Å². The van der Waals surface area contributed by atoms with E-state index in [-0.39, 0.29) is 6.61 Å². The molecule has 0 amide bonds. The summed E-state index contributed by atoms with van der Waals surface area (Å²) in [6.45, 7) is 3.56. The summed E-state index contributed by atoms with van der Waals surface area (Å²) >= 11 is 0. The van der Waals surface area contributed by atoms with E-state index < -0.39 is 24.4 Å². The molecule has 1 aliphatic heterocycles. The third-order valence-corrected chi connectivity index (χ3v) is 2.01. The third kappa shape index (κ3) is 1.84. The number of aliphatic hydroxyl groups is 3. The molecule has 4 nitrogen and oxygen atoms in total. The van der Waals surface area contributed by atoms with Gasteiger partial charge in [-0.05, 0) is 6.42 Å². The minimum Gasteiger partial charge on any atom is -0.388 e. The summed E-state index contributed by atoms with van der Waals surface area (Å²) in [7, 11) is 0.